The number of nitrogens with one attached hydrogen (secondary N) is 1. The van der Waals surface area contributed by atoms with Crippen molar-refractivity contribution in [3.05, 3.63) is 11.1 Å². The van der Waals surface area contributed by atoms with Gasteiger partial charge in [-0.1, -0.05) is 36.4 Å². The Morgan fingerprint density at radius 3 is 3.10 bits per heavy atom. The Hall–Kier alpha value is -0.620. The standard InChI is InChI=1S/C15H22N4S2/c1-15(2)9-16-13(18-15)20-7-10-8-21-14-17-11-5-3-4-6-12(11)19(10)14/h8,11-12H,3-7,9H2,1-2H3,(H,16,18)/t11-,12-/m0/s1. The number of nitrogens with zero attached hydrogens (tertiary/aromatic N) is 3. The normalized spacial score (nSPS) is 33.0. The molecule has 3 aliphatic heterocycles. The molecule has 0 amide bonds. The van der Waals surface area contributed by atoms with E-state index in [0.717, 1.165) is 17.5 Å². The van der Waals surface area contributed by atoms with Gasteiger partial charge in [-0.3, -0.25) is 9.98 Å². The third-order valence-corrected chi connectivity index (χ3v) is 6.39. The molecule has 0 unspecified atom stereocenters. The molecule has 4 aliphatic rings. The molecule has 21 heavy (non-hydrogen) atoms. The van der Waals surface area contributed by atoms with E-state index < -0.39 is 0 Å². The molecule has 1 saturated carbocycles. The van der Waals surface area contributed by atoms with Crippen LogP contribution in [-0.2, 0) is 0 Å². The molecule has 2 atom stereocenters. The van der Waals surface area contributed by atoms with Gasteiger partial charge in [-0.05, 0) is 32.1 Å². The Kier molecular flexibility index (Phi) is 3.49. The maximum atomic E-state index is 4.92. The first-order valence-electron chi connectivity index (χ1n) is 7.81. The summed E-state index contributed by atoms with van der Waals surface area (Å²) in [6.07, 6.45) is 5.27. The minimum Gasteiger partial charge on any atom is -0.358 e. The van der Waals surface area contributed by atoms with E-state index in [4.69, 9.17) is 4.99 Å². The van der Waals surface area contributed by atoms with Crippen LogP contribution < -0.4 is 5.32 Å². The zero-order valence-corrected chi connectivity index (χ0v) is 14.3. The number of thioether (sulfide) groups is 2. The fraction of sp³-hybridized carbons (Fsp3) is 0.733. The number of hydrogen-bond donors (Lipinski definition) is 1. The number of amidine groups is 2. The maximum Gasteiger partial charge on any atom is 0.168 e. The summed E-state index contributed by atoms with van der Waals surface area (Å²) in [5.41, 5.74) is 1.54. The quantitative estimate of drug-likeness (QED) is 0.848. The van der Waals surface area contributed by atoms with Crippen LogP contribution in [0.4, 0.5) is 0 Å². The summed E-state index contributed by atoms with van der Waals surface area (Å²) in [6.45, 7) is 5.28. The fourth-order valence-electron chi connectivity index (χ4n) is 3.46. The highest BCUT2D eigenvalue weighted by Crippen LogP contribution is 2.41. The Bertz CT molecular complexity index is 538. The fourth-order valence-corrected chi connectivity index (χ4v) is 5.57. The predicted octanol–water partition coefficient (Wildman–Crippen LogP) is 3.03. The zero-order chi connectivity index (χ0) is 14.4. The molecule has 0 spiro atoms. The second-order valence-corrected chi connectivity index (χ2v) is 8.65. The summed E-state index contributed by atoms with van der Waals surface area (Å²) < 4.78 is 0. The largest absolute Gasteiger partial charge is 0.358 e. The van der Waals surface area contributed by atoms with E-state index in [9.17, 15) is 0 Å². The number of hydrogen-bond acceptors (Lipinski definition) is 6. The molecule has 1 fully saturated rings. The van der Waals surface area contributed by atoms with Crippen LogP contribution >= 0.6 is 23.5 Å². The topological polar surface area (TPSA) is 40.0 Å². The first-order chi connectivity index (χ1) is 10.1. The minimum atomic E-state index is 0.121. The summed E-state index contributed by atoms with van der Waals surface area (Å²) >= 11 is 3.64. The van der Waals surface area contributed by atoms with E-state index in [0.29, 0.717) is 12.1 Å². The van der Waals surface area contributed by atoms with Crippen LogP contribution in [0, 0.1) is 0 Å². The van der Waals surface area contributed by atoms with Gasteiger partial charge in [0.25, 0.3) is 0 Å². The van der Waals surface area contributed by atoms with Gasteiger partial charge in [-0.15, -0.1) is 0 Å². The molecule has 0 saturated heterocycles. The average Bonchev–Trinajstić information content (AvgIpc) is 3.10. The summed E-state index contributed by atoms with van der Waals surface area (Å²) in [5.74, 6) is 0.997. The van der Waals surface area contributed by atoms with E-state index >= 15 is 0 Å². The second-order valence-electron chi connectivity index (χ2n) is 6.85. The smallest absolute Gasteiger partial charge is 0.168 e. The van der Waals surface area contributed by atoms with Crippen LogP contribution in [0.2, 0.25) is 0 Å². The van der Waals surface area contributed by atoms with Crippen LogP contribution in [0.1, 0.15) is 39.5 Å². The SMILES string of the molecule is CC1(C)CN=C(SCC2=CSC3=N[C@H]4CCCC[C@@H]4N23)N1. The molecule has 3 heterocycles. The van der Waals surface area contributed by atoms with Crippen molar-refractivity contribution in [2.75, 3.05) is 12.3 Å². The maximum absolute atomic E-state index is 4.92. The lowest BCUT2D eigenvalue weighted by Gasteiger charge is -2.32. The molecule has 1 aliphatic carbocycles. The van der Waals surface area contributed by atoms with Crippen molar-refractivity contribution in [3.8, 4) is 0 Å². The van der Waals surface area contributed by atoms with Gasteiger partial charge in [-0.2, -0.15) is 0 Å². The second kappa shape index (κ2) is 5.23. The van der Waals surface area contributed by atoms with Crippen LogP contribution in [-0.4, -0.2) is 45.2 Å². The van der Waals surface area contributed by atoms with Crippen molar-refractivity contribution in [1.82, 2.24) is 10.2 Å². The highest BCUT2D eigenvalue weighted by Gasteiger charge is 2.41. The third-order valence-electron chi connectivity index (χ3n) is 4.54. The first-order valence-corrected chi connectivity index (χ1v) is 9.67. The molecular weight excluding hydrogens is 300 g/mol. The van der Waals surface area contributed by atoms with Gasteiger partial charge < -0.3 is 10.2 Å². The summed E-state index contributed by atoms with van der Waals surface area (Å²) in [6, 6.07) is 1.18. The van der Waals surface area contributed by atoms with Crippen molar-refractivity contribution in [2.45, 2.75) is 57.2 Å². The van der Waals surface area contributed by atoms with Crippen molar-refractivity contribution in [3.63, 3.8) is 0 Å². The number of fused-ring (bicyclic) bond motifs is 3. The lowest BCUT2D eigenvalue weighted by molar-refractivity contribution is 0.285. The van der Waals surface area contributed by atoms with Crippen LogP contribution in [0.25, 0.3) is 0 Å². The molecule has 1 N–H and O–H groups in total. The Morgan fingerprint density at radius 2 is 2.29 bits per heavy atom. The van der Waals surface area contributed by atoms with Crippen molar-refractivity contribution in [2.24, 2.45) is 9.98 Å². The Labute approximate surface area is 134 Å². The molecule has 114 valence electrons. The molecule has 4 nitrogen and oxygen atoms in total. The van der Waals surface area contributed by atoms with E-state index in [2.05, 4.69) is 34.5 Å². The van der Waals surface area contributed by atoms with Crippen molar-refractivity contribution >= 4 is 33.9 Å². The van der Waals surface area contributed by atoms with E-state index in [1.54, 1.807) is 0 Å². The number of aliphatic imine (C=N–C) groups is 2. The zero-order valence-electron chi connectivity index (χ0n) is 12.6. The molecule has 0 aromatic heterocycles. The Balaban J connectivity index is 1.40. The van der Waals surface area contributed by atoms with Crippen LogP contribution in [0.5, 0.6) is 0 Å². The molecule has 0 radical (unpaired) electrons. The van der Waals surface area contributed by atoms with E-state index in [1.807, 2.05) is 23.5 Å². The minimum absolute atomic E-state index is 0.121. The van der Waals surface area contributed by atoms with Crippen LogP contribution in [0.3, 0.4) is 0 Å². The van der Waals surface area contributed by atoms with Gasteiger partial charge >= 0.3 is 0 Å². The van der Waals surface area contributed by atoms with Gasteiger partial charge in [-0.25, -0.2) is 0 Å². The molecule has 6 heteroatoms. The molecule has 0 aromatic carbocycles. The molecule has 4 rings (SSSR count). The lowest BCUT2D eigenvalue weighted by atomic mass is 9.91. The summed E-state index contributed by atoms with van der Waals surface area (Å²) in [5, 5.41) is 8.12. The van der Waals surface area contributed by atoms with Gasteiger partial charge in [0.1, 0.15) is 0 Å². The highest BCUT2D eigenvalue weighted by atomic mass is 32.2. The van der Waals surface area contributed by atoms with E-state index in [1.165, 1.54) is 36.5 Å². The summed E-state index contributed by atoms with van der Waals surface area (Å²) in [7, 11) is 0. The van der Waals surface area contributed by atoms with Crippen molar-refractivity contribution < 1.29 is 0 Å². The van der Waals surface area contributed by atoms with Crippen LogP contribution in [0.15, 0.2) is 21.1 Å². The van der Waals surface area contributed by atoms with E-state index in [-0.39, 0.29) is 5.54 Å². The predicted molar refractivity (Wildman–Crippen MR) is 93.0 cm³/mol. The summed E-state index contributed by atoms with van der Waals surface area (Å²) in [4.78, 5) is 12.0. The average molecular weight is 323 g/mol. The lowest BCUT2D eigenvalue weighted by Crippen LogP contribution is -2.40. The van der Waals surface area contributed by atoms with Gasteiger partial charge in [0, 0.05) is 11.4 Å². The van der Waals surface area contributed by atoms with Gasteiger partial charge in [0.2, 0.25) is 0 Å². The third kappa shape index (κ3) is 2.61. The van der Waals surface area contributed by atoms with Gasteiger partial charge in [0.15, 0.2) is 10.3 Å². The number of rotatable bonds is 2. The molecular formula is C15H22N4S2. The Morgan fingerprint density at radius 1 is 1.43 bits per heavy atom. The molecule has 0 aromatic rings. The monoisotopic (exact) mass is 322 g/mol. The highest BCUT2D eigenvalue weighted by molar-refractivity contribution is 8.17. The van der Waals surface area contributed by atoms with Gasteiger partial charge in [0.05, 0.1) is 24.2 Å². The first kappa shape index (κ1) is 14.0. The molecule has 0 bridgehead atoms. The van der Waals surface area contributed by atoms with Crippen molar-refractivity contribution in [1.29, 1.82) is 0 Å².